The maximum absolute atomic E-state index is 11.7. The lowest BCUT2D eigenvalue weighted by Gasteiger charge is -2.04. The van der Waals surface area contributed by atoms with Gasteiger partial charge < -0.3 is 15.2 Å². The molecule has 0 unspecified atom stereocenters. The second kappa shape index (κ2) is 4.84. The smallest absolute Gasteiger partial charge is 0.357 e. The molecule has 5 nitrogen and oxygen atoms in total. The molecule has 1 aromatic heterocycles. The molecule has 2 N–H and O–H groups in total. The quantitative estimate of drug-likeness (QED) is 0.665. The molecule has 0 aliphatic heterocycles. The highest BCUT2D eigenvalue weighted by molar-refractivity contribution is 7.08. The molecule has 0 fully saturated rings. The van der Waals surface area contributed by atoms with Gasteiger partial charge in [-0.3, -0.25) is 0 Å². The Morgan fingerprint density at radius 2 is 1.94 bits per heavy atom. The first-order valence-electron chi connectivity index (χ1n) is 4.77. The molecule has 6 heteroatoms. The molecule has 0 saturated carbocycles. The number of hydrogen-bond acceptors (Lipinski definition) is 6. The number of nitrogens with zero attached hydrogens (tertiary/aromatic N) is 1. The van der Waals surface area contributed by atoms with Gasteiger partial charge >= 0.3 is 5.97 Å². The molecule has 0 spiro atoms. The SMILES string of the molecule is COc1ccc(OC(=O)c2sncc2N)cc1. The fourth-order valence-electron chi connectivity index (χ4n) is 1.20. The number of carbonyl (C=O) groups is 1. The lowest BCUT2D eigenvalue weighted by molar-refractivity contribution is 0.0740. The summed E-state index contributed by atoms with van der Waals surface area (Å²) in [6.07, 6.45) is 1.43. The van der Waals surface area contributed by atoms with Crippen molar-refractivity contribution in [2.75, 3.05) is 12.8 Å². The number of hydrogen-bond donors (Lipinski definition) is 1. The number of nitrogen functional groups attached to an aromatic ring is 1. The number of carbonyl (C=O) groups excluding carboxylic acids is 1. The van der Waals surface area contributed by atoms with Crippen LogP contribution in [0, 0.1) is 0 Å². The molecule has 2 rings (SSSR count). The molecule has 0 amide bonds. The predicted octanol–water partition coefficient (Wildman–Crippen LogP) is 1.95. The molecule has 2 aromatic rings. The summed E-state index contributed by atoms with van der Waals surface area (Å²) in [5.74, 6) is 0.626. The third-order valence-electron chi connectivity index (χ3n) is 2.05. The Morgan fingerprint density at radius 3 is 2.47 bits per heavy atom. The molecule has 1 aromatic carbocycles. The highest BCUT2D eigenvalue weighted by atomic mass is 32.1. The van der Waals surface area contributed by atoms with Gasteiger partial charge in [-0.1, -0.05) is 0 Å². The third-order valence-corrected chi connectivity index (χ3v) is 2.85. The van der Waals surface area contributed by atoms with Crippen LogP contribution in [0.3, 0.4) is 0 Å². The molecule has 1 heterocycles. The number of ether oxygens (including phenoxy) is 2. The highest BCUT2D eigenvalue weighted by Gasteiger charge is 2.14. The Kier molecular flexibility index (Phi) is 3.24. The van der Waals surface area contributed by atoms with Crippen LogP contribution < -0.4 is 15.2 Å². The first-order valence-corrected chi connectivity index (χ1v) is 5.54. The molecule has 0 aliphatic carbocycles. The maximum Gasteiger partial charge on any atom is 0.357 e. The van der Waals surface area contributed by atoms with Gasteiger partial charge in [0.05, 0.1) is 19.0 Å². The number of anilines is 1. The molecule has 17 heavy (non-hydrogen) atoms. The van der Waals surface area contributed by atoms with E-state index in [0.717, 1.165) is 11.5 Å². The van der Waals surface area contributed by atoms with Crippen LogP contribution in [0.2, 0.25) is 0 Å². The lowest BCUT2D eigenvalue weighted by atomic mass is 10.3. The summed E-state index contributed by atoms with van der Waals surface area (Å²) < 4.78 is 13.9. The normalized spacial score (nSPS) is 9.94. The van der Waals surface area contributed by atoms with Gasteiger partial charge in [0.1, 0.15) is 11.5 Å². The topological polar surface area (TPSA) is 74.4 Å². The van der Waals surface area contributed by atoms with E-state index in [1.807, 2.05) is 0 Å². The number of rotatable bonds is 3. The first-order chi connectivity index (χ1) is 8.20. The maximum atomic E-state index is 11.7. The number of benzene rings is 1. The van der Waals surface area contributed by atoms with Crippen molar-refractivity contribution >= 4 is 23.2 Å². The van der Waals surface area contributed by atoms with E-state index >= 15 is 0 Å². The highest BCUT2D eigenvalue weighted by Crippen LogP contribution is 2.21. The molecule has 0 bridgehead atoms. The molecule has 88 valence electrons. The minimum atomic E-state index is -0.504. The number of aromatic nitrogens is 1. The van der Waals surface area contributed by atoms with E-state index in [1.54, 1.807) is 31.4 Å². The minimum absolute atomic E-state index is 0.306. The zero-order valence-electron chi connectivity index (χ0n) is 9.04. The summed E-state index contributed by atoms with van der Waals surface area (Å²) in [5, 5.41) is 0. The van der Waals surface area contributed by atoms with Crippen LogP contribution in [-0.2, 0) is 0 Å². The van der Waals surface area contributed by atoms with Crippen LogP contribution in [0.25, 0.3) is 0 Å². The summed E-state index contributed by atoms with van der Waals surface area (Å²) in [6.45, 7) is 0. The summed E-state index contributed by atoms with van der Waals surface area (Å²) >= 11 is 1.01. The molecular formula is C11H10N2O3S. The zero-order chi connectivity index (χ0) is 12.3. The molecular weight excluding hydrogens is 240 g/mol. The number of methoxy groups -OCH3 is 1. The molecule has 0 radical (unpaired) electrons. The third kappa shape index (κ3) is 2.54. The zero-order valence-corrected chi connectivity index (χ0v) is 9.86. The van der Waals surface area contributed by atoms with E-state index in [9.17, 15) is 4.79 Å². The van der Waals surface area contributed by atoms with Crippen molar-refractivity contribution < 1.29 is 14.3 Å². The number of nitrogens with two attached hydrogens (primary N) is 1. The van der Waals surface area contributed by atoms with Gasteiger partial charge in [0.25, 0.3) is 0 Å². The van der Waals surface area contributed by atoms with Gasteiger partial charge in [-0.2, -0.15) is 4.37 Å². The van der Waals surface area contributed by atoms with Crippen molar-refractivity contribution in [2.24, 2.45) is 0 Å². The summed E-state index contributed by atoms with van der Waals surface area (Å²) in [6, 6.07) is 6.71. The largest absolute Gasteiger partial charge is 0.497 e. The van der Waals surface area contributed by atoms with Crippen molar-refractivity contribution in [3.63, 3.8) is 0 Å². The standard InChI is InChI=1S/C11H10N2O3S/c1-15-7-2-4-8(5-3-7)16-11(14)10-9(12)6-13-17-10/h2-6H,12H2,1H3. The lowest BCUT2D eigenvalue weighted by Crippen LogP contribution is -2.08. The minimum Gasteiger partial charge on any atom is -0.497 e. The average Bonchev–Trinajstić information content (AvgIpc) is 2.76. The first kappa shape index (κ1) is 11.4. The van der Waals surface area contributed by atoms with Crippen molar-refractivity contribution in [3.8, 4) is 11.5 Å². The van der Waals surface area contributed by atoms with Gasteiger partial charge in [0.15, 0.2) is 4.88 Å². The van der Waals surface area contributed by atoms with E-state index in [0.29, 0.717) is 22.1 Å². The Bertz CT molecular complexity index is 522. The molecule has 0 atom stereocenters. The Balaban J connectivity index is 2.10. The monoisotopic (exact) mass is 250 g/mol. The summed E-state index contributed by atoms with van der Waals surface area (Å²) in [5.41, 5.74) is 5.90. The van der Waals surface area contributed by atoms with Gasteiger partial charge in [0.2, 0.25) is 0 Å². The average molecular weight is 250 g/mol. The number of esters is 1. The fraction of sp³-hybridized carbons (Fsp3) is 0.0909. The van der Waals surface area contributed by atoms with Crippen molar-refractivity contribution in [2.45, 2.75) is 0 Å². The second-order valence-corrected chi connectivity index (χ2v) is 3.98. The predicted molar refractivity (Wildman–Crippen MR) is 64.5 cm³/mol. The second-order valence-electron chi connectivity index (χ2n) is 3.18. The van der Waals surface area contributed by atoms with E-state index in [2.05, 4.69) is 4.37 Å². The van der Waals surface area contributed by atoms with Gasteiger partial charge in [-0.05, 0) is 35.8 Å². The van der Waals surface area contributed by atoms with Crippen LogP contribution >= 0.6 is 11.5 Å². The Hall–Kier alpha value is -2.08. The van der Waals surface area contributed by atoms with Gasteiger partial charge in [-0.15, -0.1) is 0 Å². The van der Waals surface area contributed by atoms with E-state index in [-0.39, 0.29) is 0 Å². The van der Waals surface area contributed by atoms with Crippen molar-refractivity contribution in [1.82, 2.24) is 4.37 Å². The van der Waals surface area contributed by atoms with Crippen LogP contribution in [0.5, 0.6) is 11.5 Å². The van der Waals surface area contributed by atoms with Crippen molar-refractivity contribution in [3.05, 3.63) is 35.3 Å². The van der Waals surface area contributed by atoms with E-state index in [1.165, 1.54) is 6.20 Å². The van der Waals surface area contributed by atoms with Gasteiger partial charge in [-0.25, -0.2) is 4.79 Å². The van der Waals surface area contributed by atoms with Gasteiger partial charge in [0, 0.05) is 0 Å². The summed E-state index contributed by atoms with van der Waals surface area (Å²) in [4.78, 5) is 12.0. The van der Waals surface area contributed by atoms with Crippen LogP contribution in [0.1, 0.15) is 9.67 Å². The summed E-state index contributed by atoms with van der Waals surface area (Å²) in [7, 11) is 1.57. The fourth-order valence-corrected chi connectivity index (χ4v) is 1.75. The Morgan fingerprint density at radius 1 is 1.29 bits per heavy atom. The van der Waals surface area contributed by atoms with Crippen LogP contribution in [-0.4, -0.2) is 17.5 Å². The van der Waals surface area contributed by atoms with E-state index < -0.39 is 5.97 Å². The van der Waals surface area contributed by atoms with Crippen LogP contribution in [0.4, 0.5) is 5.69 Å². The molecule has 0 aliphatic rings. The van der Waals surface area contributed by atoms with E-state index in [4.69, 9.17) is 15.2 Å². The van der Waals surface area contributed by atoms with Crippen molar-refractivity contribution in [1.29, 1.82) is 0 Å². The Labute approximate surface area is 102 Å². The van der Waals surface area contributed by atoms with Crippen LogP contribution in [0.15, 0.2) is 30.5 Å². The molecule has 0 saturated heterocycles.